The van der Waals surface area contributed by atoms with Crippen LogP contribution >= 0.6 is 28.3 Å². The molecule has 0 aliphatic carbocycles. The molecule has 96 valence electrons. The lowest BCUT2D eigenvalue weighted by Crippen LogP contribution is -2.39. The summed E-state index contributed by atoms with van der Waals surface area (Å²) in [7, 11) is 0. The molecule has 0 radical (unpaired) electrons. The molecule has 0 spiro atoms. The lowest BCUT2D eigenvalue weighted by atomic mass is 10.0. The average molecular weight is 326 g/mol. The number of rotatable bonds is 3. The Balaban J connectivity index is 0.00000256. The van der Waals surface area contributed by atoms with Crippen LogP contribution in [-0.4, -0.2) is 11.9 Å². The second kappa shape index (κ2) is 6.93. The van der Waals surface area contributed by atoms with Crippen molar-refractivity contribution in [2.24, 2.45) is 11.7 Å². The summed E-state index contributed by atoms with van der Waals surface area (Å²) < 4.78 is 14.0. The van der Waals surface area contributed by atoms with Gasteiger partial charge in [-0.05, 0) is 24.1 Å². The Kier molecular flexibility index (Phi) is 6.67. The number of halogens is 3. The summed E-state index contributed by atoms with van der Waals surface area (Å²) in [6.07, 6.45) is 0. The topological polar surface area (TPSA) is 55.1 Å². The van der Waals surface area contributed by atoms with Crippen molar-refractivity contribution in [3.05, 3.63) is 28.5 Å². The Morgan fingerprint density at radius 2 is 2.06 bits per heavy atom. The van der Waals surface area contributed by atoms with E-state index in [1.54, 1.807) is 6.07 Å². The highest BCUT2D eigenvalue weighted by Gasteiger charge is 2.18. The first-order chi connectivity index (χ1) is 7.41. The molecule has 0 heterocycles. The van der Waals surface area contributed by atoms with Crippen LogP contribution in [0.25, 0.3) is 0 Å². The third-order valence-corrected chi connectivity index (χ3v) is 2.70. The SMILES string of the molecule is CC(C)C(N)C(=O)Nc1cc(Br)ccc1F.Cl. The highest BCUT2D eigenvalue weighted by atomic mass is 79.9. The fourth-order valence-electron chi connectivity index (χ4n) is 1.11. The number of anilines is 1. The molecule has 0 saturated carbocycles. The molecule has 0 bridgehead atoms. The highest BCUT2D eigenvalue weighted by Crippen LogP contribution is 2.20. The van der Waals surface area contributed by atoms with Crippen LogP contribution in [0.3, 0.4) is 0 Å². The van der Waals surface area contributed by atoms with Crippen LogP contribution in [0, 0.1) is 11.7 Å². The molecule has 1 atom stereocenters. The molecule has 0 aromatic heterocycles. The maximum Gasteiger partial charge on any atom is 0.241 e. The Bertz CT molecular complexity index is 401. The molecule has 1 aromatic rings. The number of hydrogen-bond acceptors (Lipinski definition) is 2. The van der Waals surface area contributed by atoms with E-state index in [0.29, 0.717) is 4.47 Å². The summed E-state index contributed by atoms with van der Waals surface area (Å²) in [6.45, 7) is 3.67. The summed E-state index contributed by atoms with van der Waals surface area (Å²) in [4.78, 5) is 11.6. The smallest absolute Gasteiger partial charge is 0.241 e. The van der Waals surface area contributed by atoms with Crippen molar-refractivity contribution >= 4 is 39.9 Å². The number of benzene rings is 1. The van der Waals surface area contributed by atoms with Crippen molar-refractivity contribution in [1.29, 1.82) is 0 Å². The van der Waals surface area contributed by atoms with Gasteiger partial charge in [0.1, 0.15) is 5.82 Å². The fraction of sp³-hybridized carbons (Fsp3) is 0.364. The van der Waals surface area contributed by atoms with Crippen LogP contribution in [0.4, 0.5) is 10.1 Å². The second-order valence-corrected chi connectivity index (χ2v) is 4.80. The standard InChI is InChI=1S/C11H14BrFN2O.ClH/c1-6(2)10(14)11(16)15-9-5-7(12)3-4-8(9)13;/h3-6,10H,14H2,1-2H3,(H,15,16);1H. The van der Waals surface area contributed by atoms with Crippen molar-refractivity contribution < 1.29 is 9.18 Å². The van der Waals surface area contributed by atoms with Gasteiger partial charge in [-0.3, -0.25) is 4.79 Å². The minimum absolute atomic E-state index is 0. The van der Waals surface area contributed by atoms with E-state index in [4.69, 9.17) is 5.73 Å². The summed E-state index contributed by atoms with van der Waals surface area (Å²) in [5, 5.41) is 2.46. The number of carbonyl (C=O) groups excluding carboxylic acids is 1. The molecule has 17 heavy (non-hydrogen) atoms. The third kappa shape index (κ3) is 4.61. The summed E-state index contributed by atoms with van der Waals surface area (Å²) in [6, 6.07) is 3.70. The van der Waals surface area contributed by atoms with Gasteiger partial charge in [0, 0.05) is 4.47 Å². The molecule has 1 rings (SSSR count). The maximum atomic E-state index is 13.3. The lowest BCUT2D eigenvalue weighted by molar-refractivity contribution is -0.118. The van der Waals surface area contributed by atoms with Gasteiger partial charge in [0.2, 0.25) is 5.91 Å². The molecule has 6 heteroatoms. The van der Waals surface area contributed by atoms with E-state index in [9.17, 15) is 9.18 Å². The van der Waals surface area contributed by atoms with Crippen LogP contribution in [0.1, 0.15) is 13.8 Å². The molecular weight excluding hydrogens is 310 g/mol. The summed E-state index contributed by atoms with van der Waals surface area (Å²) in [5.74, 6) is -0.852. The van der Waals surface area contributed by atoms with Crippen LogP contribution < -0.4 is 11.1 Å². The second-order valence-electron chi connectivity index (χ2n) is 3.88. The molecule has 1 amide bonds. The maximum absolute atomic E-state index is 13.3. The van der Waals surface area contributed by atoms with E-state index in [1.165, 1.54) is 12.1 Å². The van der Waals surface area contributed by atoms with Gasteiger partial charge in [-0.2, -0.15) is 0 Å². The highest BCUT2D eigenvalue weighted by molar-refractivity contribution is 9.10. The van der Waals surface area contributed by atoms with E-state index < -0.39 is 11.9 Å². The van der Waals surface area contributed by atoms with Crippen molar-refractivity contribution in [3.8, 4) is 0 Å². The van der Waals surface area contributed by atoms with Gasteiger partial charge in [0.05, 0.1) is 11.7 Å². The fourth-order valence-corrected chi connectivity index (χ4v) is 1.47. The summed E-state index contributed by atoms with van der Waals surface area (Å²) >= 11 is 3.20. The molecule has 0 aliphatic heterocycles. The molecule has 1 aromatic carbocycles. The van der Waals surface area contributed by atoms with Crippen molar-refractivity contribution in [2.75, 3.05) is 5.32 Å². The van der Waals surface area contributed by atoms with Gasteiger partial charge in [0.25, 0.3) is 0 Å². The predicted octanol–water partition coefficient (Wildman–Crippen LogP) is 2.93. The van der Waals surface area contributed by atoms with Crippen LogP contribution in [0.5, 0.6) is 0 Å². The molecule has 3 nitrogen and oxygen atoms in total. The van der Waals surface area contributed by atoms with E-state index in [2.05, 4.69) is 21.2 Å². The molecule has 0 saturated heterocycles. The normalized spacial score (nSPS) is 11.9. The first-order valence-corrected chi connectivity index (χ1v) is 5.72. The zero-order valence-electron chi connectivity index (χ0n) is 9.54. The predicted molar refractivity (Wildman–Crippen MR) is 72.8 cm³/mol. The van der Waals surface area contributed by atoms with Gasteiger partial charge >= 0.3 is 0 Å². The van der Waals surface area contributed by atoms with E-state index in [0.717, 1.165) is 0 Å². The minimum atomic E-state index is -0.640. The number of carbonyl (C=O) groups is 1. The Hall–Kier alpha value is -0.650. The Morgan fingerprint density at radius 3 is 2.59 bits per heavy atom. The number of amides is 1. The summed E-state index contributed by atoms with van der Waals surface area (Å²) in [5.41, 5.74) is 5.78. The molecule has 0 fully saturated rings. The van der Waals surface area contributed by atoms with Crippen LogP contribution in [0.2, 0.25) is 0 Å². The number of hydrogen-bond donors (Lipinski definition) is 2. The van der Waals surface area contributed by atoms with Crippen molar-refractivity contribution in [3.63, 3.8) is 0 Å². The zero-order valence-corrected chi connectivity index (χ0v) is 11.9. The van der Waals surface area contributed by atoms with Gasteiger partial charge in [-0.1, -0.05) is 29.8 Å². The zero-order chi connectivity index (χ0) is 12.3. The van der Waals surface area contributed by atoms with Gasteiger partial charge in [0.15, 0.2) is 0 Å². The van der Waals surface area contributed by atoms with E-state index in [-0.39, 0.29) is 29.9 Å². The Labute approximate surface area is 114 Å². The van der Waals surface area contributed by atoms with E-state index >= 15 is 0 Å². The first-order valence-electron chi connectivity index (χ1n) is 4.93. The first kappa shape index (κ1) is 16.4. The van der Waals surface area contributed by atoms with Crippen molar-refractivity contribution in [1.82, 2.24) is 0 Å². The molecule has 3 N–H and O–H groups in total. The number of nitrogens with two attached hydrogens (primary N) is 1. The van der Waals surface area contributed by atoms with E-state index in [1.807, 2.05) is 13.8 Å². The van der Waals surface area contributed by atoms with Gasteiger partial charge < -0.3 is 11.1 Å². The minimum Gasteiger partial charge on any atom is -0.322 e. The molecule has 1 unspecified atom stereocenters. The monoisotopic (exact) mass is 324 g/mol. The number of nitrogens with one attached hydrogen (secondary N) is 1. The van der Waals surface area contributed by atoms with Crippen LogP contribution in [0.15, 0.2) is 22.7 Å². The van der Waals surface area contributed by atoms with Gasteiger partial charge in [-0.15, -0.1) is 12.4 Å². The average Bonchev–Trinajstić information content (AvgIpc) is 2.22. The third-order valence-electron chi connectivity index (χ3n) is 2.21. The largest absolute Gasteiger partial charge is 0.322 e. The molecule has 0 aliphatic rings. The van der Waals surface area contributed by atoms with Crippen LogP contribution in [-0.2, 0) is 4.79 Å². The Morgan fingerprint density at radius 1 is 1.47 bits per heavy atom. The lowest BCUT2D eigenvalue weighted by Gasteiger charge is -2.15. The quantitative estimate of drug-likeness (QED) is 0.898. The van der Waals surface area contributed by atoms with Crippen molar-refractivity contribution in [2.45, 2.75) is 19.9 Å². The van der Waals surface area contributed by atoms with Gasteiger partial charge in [-0.25, -0.2) is 4.39 Å². The molecular formula is C11H15BrClFN2O.